The molecule has 0 radical (unpaired) electrons. The lowest BCUT2D eigenvalue weighted by Crippen LogP contribution is -2.29. The summed E-state index contributed by atoms with van der Waals surface area (Å²) in [5, 5.41) is 7.20. The van der Waals surface area contributed by atoms with Crippen molar-refractivity contribution in [2.45, 2.75) is 19.8 Å². The van der Waals surface area contributed by atoms with E-state index in [2.05, 4.69) is 10.3 Å². The highest BCUT2D eigenvalue weighted by Gasteiger charge is 2.23. The third-order valence-corrected chi connectivity index (χ3v) is 7.48. The van der Waals surface area contributed by atoms with Crippen LogP contribution < -0.4 is 10.1 Å². The number of halogens is 1. The molecule has 0 unspecified atom stereocenters. The number of thiazole rings is 1. The number of hydrogen-bond acceptors (Lipinski definition) is 6. The maximum atomic E-state index is 12.9. The van der Waals surface area contributed by atoms with E-state index in [0.717, 1.165) is 51.2 Å². The number of hydrogen-bond donors (Lipinski definition) is 1. The van der Waals surface area contributed by atoms with Crippen LogP contribution >= 0.6 is 34.3 Å². The molecule has 1 aliphatic rings. The molecule has 1 fully saturated rings. The van der Waals surface area contributed by atoms with Crippen LogP contribution in [-0.2, 0) is 4.79 Å². The zero-order valence-corrected chi connectivity index (χ0v) is 19.7. The molecule has 2 amide bonds. The minimum Gasteiger partial charge on any atom is -0.483 e. The summed E-state index contributed by atoms with van der Waals surface area (Å²) in [7, 11) is 0. The van der Waals surface area contributed by atoms with Crippen molar-refractivity contribution in [3.05, 3.63) is 51.3 Å². The maximum Gasteiger partial charge on any atom is 0.262 e. The summed E-state index contributed by atoms with van der Waals surface area (Å²) in [6.45, 7) is 3.25. The summed E-state index contributed by atoms with van der Waals surface area (Å²) in [5.41, 5.74) is 1.81. The fourth-order valence-electron chi connectivity index (χ4n) is 3.93. The highest BCUT2D eigenvalue weighted by molar-refractivity contribution is 7.21. The number of nitrogens with one attached hydrogen (secondary N) is 1. The summed E-state index contributed by atoms with van der Waals surface area (Å²) in [5.74, 6) is 0.191. The molecule has 1 N–H and O–H groups in total. The average Bonchev–Trinajstić information content (AvgIpc) is 3.52. The van der Waals surface area contributed by atoms with Crippen LogP contribution in [0.1, 0.15) is 28.2 Å². The Morgan fingerprint density at radius 2 is 2.03 bits per heavy atom. The van der Waals surface area contributed by atoms with E-state index in [9.17, 15) is 9.59 Å². The SMILES string of the molecule is Cc1nc2c(cc(OCC(=O)Nc3ccc(Cl)cc3C(=O)N3CCCC3)c3ccsc32)s1. The average molecular weight is 486 g/mol. The Kier molecular flexibility index (Phi) is 5.75. The number of carbonyl (C=O) groups excluding carboxylic acids is 2. The molecule has 2 aromatic carbocycles. The molecular formula is C23H20ClN3O3S2. The zero-order chi connectivity index (χ0) is 22.2. The summed E-state index contributed by atoms with van der Waals surface area (Å²) < 4.78 is 7.99. The van der Waals surface area contributed by atoms with Gasteiger partial charge in [0.15, 0.2) is 6.61 Å². The second-order valence-electron chi connectivity index (χ2n) is 7.64. The van der Waals surface area contributed by atoms with Gasteiger partial charge in [0.1, 0.15) is 5.75 Å². The van der Waals surface area contributed by atoms with E-state index < -0.39 is 0 Å². The predicted molar refractivity (Wildman–Crippen MR) is 130 cm³/mol. The van der Waals surface area contributed by atoms with Gasteiger partial charge in [0.25, 0.3) is 11.8 Å². The number of anilines is 1. The van der Waals surface area contributed by atoms with E-state index in [4.69, 9.17) is 16.3 Å². The molecule has 0 aliphatic carbocycles. The molecule has 32 heavy (non-hydrogen) atoms. The van der Waals surface area contributed by atoms with Crippen LogP contribution in [0.3, 0.4) is 0 Å². The van der Waals surface area contributed by atoms with Gasteiger partial charge in [-0.2, -0.15) is 0 Å². The van der Waals surface area contributed by atoms with Crippen molar-refractivity contribution in [2.75, 3.05) is 25.0 Å². The number of fused-ring (bicyclic) bond motifs is 3. The molecular weight excluding hydrogens is 466 g/mol. The molecule has 4 aromatic rings. The highest BCUT2D eigenvalue weighted by atomic mass is 35.5. The first kappa shape index (κ1) is 21.2. The van der Waals surface area contributed by atoms with E-state index in [1.165, 1.54) is 0 Å². The van der Waals surface area contributed by atoms with E-state index in [1.54, 1.807) is 45.8 Å². The molecule has 0 atom stereocenters. The molecule has 6 nitrogen and oxygen atoms in total. The van der Waals surface area contributed by atoms with Crippen molar-refractivity contribution >= 4 is 72.1 Å². The first-order valence-corrected chi connectivity index (χ1v) is 12.4. The second-order valence-corrected chi connectivity index (χ2v) is 10.2. The molecule has 3 heterocycles. The van der Waals surface area contributed by atoms with E-state index in [0.29, 0.717) is 22.0 Å². The van der Waals surface area contributed by atoms with Gasteiger partial charge in [0.2, 0.25) is 0 Å². The Labute approximate surface area is 197 Å². The molecule has 1 saturated heterocycles. The van der Waals surface area contributed by atoms with Crippen molar-refractivity contribution in [1.82, 2.24) is 9.88 Å². The molecule has 0 saturated carbocycles. The van der Waals surface area contributed by atoms with Crippen LogP contribution in [0.5, 0.6) is 5.75 Å². The maximum absolute atomic E-state index is 12.9. The third kappa shape index (κ3) is 4.05. The largest absolute Gasteiger partial charge is 0.483 e. The van der Waals surface area contributed by atoms with Crippen molar-refractivity contribution < 1.29 is 14.3 Å². The van der Waals surface area contributed by atoms with Gasteiger partial charge in [0, 0.05) is 29.6 Å². The number of nitrogens with zero attached hydrogens (tertiary/aromatic N) is 2. The van der Waals surface area contributed by atoms with Gasteiger partial charge in [-0.3, -0.25) is 9.59 Å². The fourth-order valence-corrected chi connectivity index (χ4v) is 5.93. The zero-order valence-electron chi connectivity index (χ0n) is 17.3. The normalized spacial score (nSPS) is 13.8. The van der Waals surface area contributed by atoms with Crippen molar-refractivity contribution in [2.24, 2.45) is 0 Å². The van der Waals surface area contributed by atoms with Gasteiger partial charge in [0.05, 0.1) is 31.2 Å². The van der Waals surface area contributed by atoms with Crippen molar-refractivity contribution in [1.29, 1.82) is 0 Å². The third-order valence-electron chi connectivity index (χ3n) is 5.41. The lowest BCUT2D eigenvalue weighted by molar-refractivity contribution is -0.118. The number of rotatable bonds is 5. The smallest absolute Gasteiger partial charge is 0.262 e. The number of ether oxygens (including phenoxy) is 1. The van der Waals surface area contributed by atoms with Crippen LogP contribution in [0.25, 0.3) is 20.3 Å². The van der Waals surface area contributed by atoms with Crippen LogP contribution in [0, 0.1) is 6.92 Å². The summed E-state index contributed by atoms with van der Waals surface area (Å²) in [6, 6.07) is 8.84. The molecule has 5 rings (SSSR count). The fraction of sp³-hybridized carbons (Fsp3) is 0.261. The van der Waals surface area contributed by atoms with Gasteiger partial charge in [-0.25, -0.2) is 4.98 Å². The van der Waals surface area contributed by atoms with Gasteiger partial charge < -0.3 is 15.0 Å². The molecule has 2 aromatic heterocycles. The summed E-state index contributed by atoms with van der Waals surface area (Å²) >= 11 is 9.34. The number of likely N-dealkylation sites (tertiary alicyclic amines) is 1. The number of aryl methyl sites for hydroxylation is 1. The predicted octanol–water partition coefficient (Wildman–Crippen LogP) is 5.73. The van der Waals surface area contributed by atoms with Crippen LogP contribution in [0.15, 0.2) is 35.7 Å². The number of aromatic nitrogens is 1. The number of carbonyl (C=O) groups is 2. The first-order valence-electron chi connectivity index (χ1n) is 10.3. The van der Waals surface area contributed by atoms with Crippen LogP contribution in [0.4, 0.5) is 5.69 Å². The molecule has 9 heteroatoms. The minimum absolute atomic E-state index is 0.118. The van der Waals surface area contributed by atoms with Gasteiger partial charge in [-0.1, -0.05) is 11.6 Å². The quantitative estimate of drug-likeness (QED) is 0.392. The van der Waals surface area contributed by atoms with Crippen molar-refractivity contribution in [3.8, 4) is 5.75 Å². The Bertz CT molecular complexity index is 1340. The monoisotopic (exact) mass is 485 g/mol. The van der Waals surface area contributed by atoms with Gasteiger partial charge in [-0.05, 0) is 49.4 Å². The first-order chi connectivity index (χ1) is 15.5. The lowest BCUT2D eigenvalue weighted by atomic mass is 10.1. The lowest BCUT2D eigenvalue weighted by Gasteiger charge is -2.18. The topological polar surface area (TPSA) is 71.5 Å². The highest BCUT2D eigenvalue weighted by Crippen LogP contribution is 2.38. The van der Waals surface area contributed by atoms with Crippen molar-refractivity contribution in [3.63, 3.8) is 0 Å². The Hall–Kier alpha value is -2.68. The second kappa shape index (κ2) is 8.69. The van der Waals surface area contributed by atoms with E-state index in [1.807, 2.05) is 24.4 Å². The Balaban J connectivity index is 1.34. The molecule has 0 spiro atoms. The molecule has 164 valence electrons. The number of thiophene rings is 1. The number of amides is 2. The van der Waals surface area contributed by atoms with Gasteiger partial charge >= 0.3 is 0 Å². The minimum atomic E-state index is -0.341. The Morgan fingerprint density at radius 1 is 1.22 bits per heavy atom. The van der Waals surface area contributed by atoms with E-state index in [-0.39, 0.29) is 18.4 Å². The Morgan fingerprint density at radius 3 is 2.84 bits per heavy atom. The summed E-state index contributed by atoms with van der Waals surface area (Å²) in [4.78, 5) is 32.0. The van der Waals surface area contributed by atoms with Crippen LogP contribution in [0.2, 0.25) is 5.02 Å². The van der Waals surface area contributed by atoms with E-state index >= 15 is 0 Å². The number of benzene rings is 2. The standard InChI is InChI=1S/C23H20ClN3O3S2/c1-13-25-21-19(32-13)11-18(15-6-9-31-22(15)21)30-12-20(28)26-17-5-4-14(24)10-16(17)23(29)27-7-2-3-8-27/h4-6,9-11H,2-3,7-8,12H2,1H3,(H,26,28). The summed E-state index contributed by atoms with van der Waals surface area (Å²) in [6.07, 6.45) is 1.98. The molecule has 1 aliphatic heterocycles. The van der Waals surface area contributed by atoms with Crippen LogP contribution in [-0.4, -0.2) is 41.4 Å². The molecule has 0 bridgehead atoms. The van der Waals surface area contributed by atoms with Gasteiger partial charge in [-0.15, -0.1) is 22.7 Å².